The third-order valence-corrected chi connectivity index (χ3v) is 4.80. The summed E-state index contributed by atoms with van der Waals surface area (Å²) in [6.07, 6.45) is -4.60. The van der Waals surface area contributed by atoms with Crippen LogP contribution in [0.15, 0.2) is 18.2 Å². The van der Waals surface area contributed by atoms with Gasteiger partial charge >= 0.3 is 6.18 Å². The normalized spacial score (nSPS) is 19.8. The molecule has 1 N–H and O–H groups in total. The Morgan fingerprint density at radius 3 is 2.54 bits per heavy atom. The highest BCUT2D eigenvalue weighted by atomic mass is 19.4. The van der Waals surface area contributed by atoms with E-state index in [-0.39, 0.29) is 12.0 Å². The number of hydrogen-bond donors (Lipinski definition) is 1. The molecule has 0 bridgehead atoms. The van der Waals surface area contributed by atoms with Crippen molar-refractivity contribution in [2.45, 2.75) is 38.6 Å². The minimum absolute atomic E-state index is 0.00326. The van der Waals surface area contributed by atoms with E-state index in [2.05, 4.69) is 0 Å². The molecule has 8 heteroatoms. The van der Waals surface area contributed by atoms with Gasteiger partial charge in [0.05, 0.1) is 17.2 Å². The van der Waals surface area contributed by atoms with E-state index in [1.54, 1.807) is 0 Å². The highest BCUT2D eigenvalue weighted by molar-refractivity contribution is 5.96. The second-order valence-electron chi connectivity index (χ2n) is 7.12. The third-order valence-electron chi connectivity index (χ3n) is 4.80. The molecule has 1 aliphatic heterocycles. The lowest BCUT2D eigenvalue weighted by atomic mass is 9.99. The van der Waals surface area contributed by atoms with E-state index >= 15 is 0 Å². The van der Waals surface area contributed by atoms with Crippen molar-refractivity contribution in [3.05, 3.63) is 35.1 Å². The van der Waals surface area contributed by atoms with Gasteiger partial charge in [-0.1, -0.05) is 13.8 Å². The first-order valence-corrected chi connectivity index (χ1v) is 8.55. The monoisotopic (exact) mass is 376 g/mol. The van der Waals surface area contributed by atoms with Crippen LogP contribution in [0.25, 0.3) is 0 Å². The van der Waals surface area contributed by atoms with Crippen molar-refractivity contribution in [3.8, 4) is 0 Å². The summed E-state index contributed by atoms with van der Waals surface area (Å²) < 4.78 is 52.9. The van der Waals surface area contributed by atoms with Crippen LogP contribution in [0.3, 0.4) is 0 Å². The number of nitrogens with zero attached hydrogens (tertiary/aromatic N) is 2. The van der Waals surface area contributed by atoms with E-state index < -0.39 is 35.1 Å². The van der Waals surface area contributed by atoms with Crippen LogP contribution in [-0.2, 0) is 6.18 Å². The summed E-state index contributed by atoms with van der Waals surface area (Å²) in [7, 11) is 1.46. The summed E-state index contributed by atoms with van der Waals surface area (Å²) >= 11 is 0. The van der Waals surface area contributed by atoms with Crippen molar-refractivity contribution < 1.29 is 27.5 Å². The fraction of sp³-hybridized carbons (Fsp3) is 0.611. The molecule has 26 heavy (non-hydrogen) atoms. The molecule has 1 aliphatic rings. The van der Waals surface area contributed by atoms with Gasteiger partial charge in [-0.2, -0.15) is 13.2 Å². The Morgan fingerprint density at radius 2 is 2.04 bits per heavy atom. The first kappa shape index (κ1) is 20.6. The van der Waals surface area contributed by atoms with Gasteiger partial charge in [-0.3, -0.25) is 9.69 Å². The van der Waals surface area contributed by atoms with Crippen LogP contribution in [0, 0.1) is 11.7 Å². The van der Waals surface area contributed by atoms with Gasteiger partial charge in [-0.25, -0.2) is 4.39 Å². The molecular formula is C18H24F4N2O2. The molecule has 1 saturated heterocycles. The molecular weight excluding hydrogens is 352 g/mol. The number of likely N-dealkylation sites (N-methyl/N-ethyl adjacent to an activating group) is 1. The number of halogens is 4. The maximum atomic E-state index is 13.3. The summed E-state index contributed by atoms with van der Waals surface area (Å²) in [5, 5.41) is 9.65. The quantitative estimate of drug-likeness (QED) is 0.804. The van der Waals surface area contributed by atoms with Crippen molar-refractivity contribution in [1.29, 1.82) is 0 Å². The van der Waals surface area contributed by atoms with Crippen LogP contribution in [0.4, 0.5) is 17.6 Å². The predicted octanol–water partition coefficient (Wildman–Crippen LogP) is 3.01. The lowest BCUT2D eigenvalue weighted by molar-refractivity contribution is -0.138. The number of benzene rings is 1. The van der Waals surface area contributed by atoms with Gasteiger partial charge in [0.25, 0.3) is 5.91 Å². The first-order chi connectivity index (χ1) is 12.0. The molecule has 2 atom stereocenters. The second-order valence-corrected chi connectivity index (χ2v) is 7.12. The molecule has 0 aromatic heterocycles. The zero-order chi connectivity index (χ0) is 19.6. The smallest absolute Gasteiger partial charge is 0.392 e. The maximum Gasteiger partial charge on any atom is 0.417 e. The molecule has 146 valence electrons. The largest absolute Gasteiger partial charge is 0.417 e. The van der Waals surface area contributed by atoms with Crippen LogP contribution in [0.1, 0.15) is 36.2 Å². The van der Waals surface area contributed by atoms with Gasteiger partial charge in [-0.15, -0.1) is 0 Å². The number of carbonyl (C=O) groups is 1. The van der Waals surface area contributed by atoms with E-state index in [1.165, 1.54) is 11.9 Å². The number of aliphatic hydroxyl groups excluding tert-OH is 1. The summed E-state index contributed by atoms with van der Waals surface area (Å²) in [6, 6.07) is 1.76. The Kier molecular flexibility index (Phi) is 6.29. The molecule has 2 unspecified atom stereocenters. The Balaban J connectivity index is 2.26. The van der Waals surface area contributed by atoms with E-state index in [1.807, 2.05) is 18.7 Å². The number of carbonyl (C=O) groups excluding carboxylic acids is 1. The van der Waals surface area contributed by atoms with Gasteiger partial charge in [0.1, 0.15) is 5.82 Å². The van der Waals surface area contributed by atoms with Crippen LogP contribution >= 0.6 is 0 Å². The topological polar surface area (TPSA) is 43.8 Å². The van der Waals surface area contributed by atoms with Crippen molar-refractivity contribution in [2.75, 3.05) is 26.7 Å². The van der Waals surface area contributed by atoms with Crippen LogP contribution < -0.4 is 0 Å². The Labute approximate surface area is 150 Å². The maximum absolute atomic E-state index is 13.3. The van der Waals surface area contributed by atoms with Gasteiger partial charge in [0.15, 0.2) is 0 Å². The average Bonchev–Trinajstić information content (AvgIpc) is 2.95. The number of likely N-dealkylation sites (tertiary alicyclic amines) is 1. The summed E-state index contributed by atoms with van der Waals surface area (Å²) in [5.74, 6) is -1.84. The van der Waals surface area contributed by atoms with Crippen molar-refractivity contribution in [2.24, 2.45) is 5.92 Å². The molecule has 1 aromatic carbocycles. The SMILES string of the molecule is CC(C)C(CN1CCC(O)C1)N(C)C(=O)c1ccc(F)cc1C(F)(F)F. The fourth-order valence-corrected chi connectivity index (χ4v) is 3.30. The molecule has 4 nitrogen and oxygen atoms in total. The van der Waals surface area contributed by atoms with Gasteiger partial charge in [0.2, 0.25) is 0 Å². The van der Waals surface area contributed by atoms with E-state index in [0.717, 1.165) is 12.1 Å². The van der Waals surface area contributed by atoms with E-state index in [9.17, 15) is 27.5 Å². The average molecular weight is 376 g/mol. The number of hydrogen-bond acceptors (Lipinski definition) is 3. The zero-order valence-electron chi connectivity index (χ0n) is 15.1. The van der Waals surface area contributed by atoms with Gasteiger partial charge in [0, 0.05) is 32.7 Å². The Hall–Kier alpha value is -1.67. The zero-order valence-corrected chi connectivity index (χ0v) is 15.1. The minimum Gasteiger partial charge on any atom is -0.392 e. The van der Waals surface area contributed by atoms with Crippen LogP contribution in [0.2, 0.25) is 0 Å². The standard InChI is InChI=1S/C18H24F4N2O2/c1-11(2)16(10-24-7-6-13(25)9-24)23(3)17(26)14-5-4-12(19)8-15(14)18(20,21)22/h4-5,8,11,13,16,25H,6-7,9-10H2,1-3H3. The molecule has 1 aromatic rings. The van der Waals surface area contributed by atoms with Gasteiger partial charge in [-0.05, 0) is 30.5 Å². The molecule has 0 spiro atoms. The molecule has 0 radical (unpaired) electrons. The Bertz CT molecular complexity index is 649. The number of rotatable bonds is 5. The number of alkyl halides is 3. The van der Waals surface area contributed by atoms with Crippen molar-refractivity contribution >= 4 is 5.91 Å². The predicted molar refractivity (Wildman–Crippen MR) is 89.2 cm³/mol. The van der Waals surface area contributed by atoms with Gasteiger partial charge < -0.3 is 10.0 Å². The van der Waals surface area contributed by atoms with Crippen molar-refractivity contribution in [3.63, 3.8) is 0 Å². The Morgan fingerprint density at radius 1 is 1.38 bits per heavy atom. The minimum atomic E-state index is -4.82. The summed E-state index contributed by atoms with van der Waals surface area (Å²) in [5.41, 5.74) is -1.83. The highest BCUT2D eigenvalue weighted by Crippen LogP contribution is 2.33. The lowest BCUT2D eigenvalue weighted by Crippen LogP contribution is -2.47. The molecule has 1 amide bonds. The number of amides is 1. The highest BCUT2D eigenvalue weighted by Gasteiger charge is 2.38. The number of β-amino-alcohol motifs (C(OH)–C–C–N with tert-alkyl or cyclic N) is 1. The van der Waals surface area contributed by atoms with E-state index in [0.29, 0.717) is 32.1 Å². The summed E-state index contributed by atoms with van der Waals surface area (Å²) in [4.78, 5) is 16.0. The number of aliphatic hydroxyl groups is 1. The van der Waals surface area contributed by atoms with E-state index in [4.69, 9.17) is 0 Å². The molecule has 1 fully saturated rings. The first-order valence-electron chi connectivity index (χ1n) is 8.55. The molecule has 1 heterocycles. The van der Waals surface area contributed by atoms with Crippen LogP contribution in [0.5, 0.6) is 0 Å². The molecule has 0 aliphatic carbocycles. The molecule has 2 rings (SSSR count). The van der Waals surface area contributed by atoms with Crippen LogP contribution in [-0.4, -0.2) is 59.6 Å². The lowest BCUT2D eigenvalue weighted by Gasteiger charge is -2.35. The fourth-order valence-electron chi connectivity index (χ4n) is 3.30. The third kappa shape index (κ3) is 4.73. The second kappa shape index (κ2) is 7.92. The van der Waals surface area contributed by atoms with Crippen molar-refractivity contribution in [1.82, 2.24) is 9.80 Å². The summed E-state index contributed by atoms with van der Waals surface area (Å²) in [6.45, 7) is 5.39. The molecule has 0 saturated carbocycles.